The molecule has 0 atom stereocenters. The zero-order chi connectivity index (χ0) is 18.2. The van der Waals surface area contributed by atoms with E-state index in [1.165, 1.54) is 0 Å². The lowest BCUT2D eigenvalue weighted by Crippen LogP contribution is -2.41. The lowest BCUT2D eigenvalue weighted by molar-refractivity contribution is 0.00578. The van der Waals surface area contributed by atoms with Crippen LogP contribution in [0.5, 0.6) is 0 Å². The fourth-order valence-corrected chi connectivity index (χ4v) is 2.48. The van der Waals surface area contributed by atoms with Gasteiger partial charge in [-0.1, -0.05) is 5.98 Å². The van der Waals surface area contributed by atoms with Crippen LogP contribution in [0.2, 0.25) is 0 Å². The summed E-state index contributed by atoms with van der Waals surface area (Å²) in [6.45, 7) is 15.6. The maximum atomic E-state index is 12.3. The van der Waals surface area contributed by atoms with Gasteiger partial charge in [-0.15, -0.1) is 0 Å². The molecule has 0 aromatic carbocycles. The Morgan fingerprint density at radius 2 is 1.79 bits per heavy atom. The van der Waals surface area contributed by atoms with Gasteiger partial charge in [0.15, 0.2) is 0 Å². The van der Waals surface area contributed by atoms with Crippen LogP contribution in [0.4, 0.5) is 4.79 Å². The second-order valence-electron chi connectivity index (χ2n) is 8.40. The molecule has 2 aliphatic rings. The van der Waals surface area contributed by atoms with Gasteiger partial charge >= 0.3 is 13.2 Å². The molecule has 0 aromatic rings. The highest BCUT2D eigenvalue weighted by Gasteiger charge is 2.50. The van der Waals surface area contributed by atoms with Crippen LogP contribution in [0.1, 0.15) is 48.5 Å². The number of hydrogen-bond donors (Lipinski definition) is 0. The number of ether oxygens (including phenoxy) is 2. The first-order valence-electron chi connectivity index (χ1n) is 8.50. The van der Waals surface area contributed by atoms with Crippen molar-refractivity contribution < 1.29 is 23.6 Å². The summed E-state index contributed by atoms with van der Waals surface area (Å²) in [4.78, 5) is 14.0. The molecule has 0 saturated carbocycles. The lowest BCUT2D eigenvalue weighted by atomic mass is 9.87. The summed E-state index contributed by atoms with van der Waals surface area (Å²) in [6.07, 6.45) is -0.326. The van der Waals surface area contributed by atoms with Crippen LogP contribution in [0.15, 0.2) is 11.5 Å². The molecule has 0 bridgehead atoms. The topological polar surface area (TPSA) is 57.2 Å². The number of rotatable bonds is 1. The van der Waals surface area contributed by atoms with E-state index in [1.807, 2.05) is 54.4 Å². The van der Waals surface area contributed by atoms with Gasteiger partial charge in [0.2, 0.25) is 0 Å². The Morgan fingerprint density at radius 3 is 2.33 bits per heavy atom. The predicted octanol–water partition coefficient (Wildman–Crippen LogP) is 2.81. The molecule has 0 aliphatic carbocycles. The minimum Gasteiger partial charge on any atom is -0.444 e. The molecule has 0 unspecified atom stereocenters. The van der Waals surface area contributed by atoms with Crippen LogP contribution in [0.3, 0.4) is 0 Å². The molecule has 24 heavy (non-hydrogen) atoms. The molecular weight excluding hydrogens is 309 g/mol. The molecule has 0 radical (unpaired) electrons. The molecule has 136 valence electrons. The Kier molecular flexibility index (Phi) is 5.38. The molecule has 1 amide bonds. The second kappa shape index (κ2) is 6.69. The van der Waals surface area contributed by atoms with E-state index >= 15 is 0 Å². The van der Waals surface area contributed by atoms with Crippen LogP contribution >= 0.6 is 0 Å². The summed E-state index contributed by atoms with van der Waals surface area (Å²) in [5.74, 6) is 1.92. The number of carbonyl (C=O) groups is 1. The van der Waals surface area contributed by atoms with Crippen LogP contribution < -0.4 is 0 Å². The smallest absolute Gasteiger partial charge is 0.444 e. The zero-order valence-corrected chi connectivity index (χ0v) is 16.0. The van der Waals surface area contributed by atoms with Gasteiger partial charge in [0.1, 0.15) is 5.60 Å². The number of carbonyl (C=O) groups excluding carboxylic acids is 1. The van der Waals surface area contributed by atoms with Crippen molar-refractivity contribution in [3.63, 3.8) is 0 Å². The van der Waals surface area contributed by atoms with E-state index in [2.05, 4.69) is 0 Å². The molecule has 2 aliphatic heterocycles. The first-order valence-corrected chi connectivity index (χ1v) is 8.50. The van der Waals surface area contributed by atoms with Crippen molar-refractivity contribution in [2.75, 3.05) is 26.3 Å². The van der Waals surface area contributed by atoms with Gasteiger partial charge < -0.3 is 23.7 Å². The standard InChI is InChI=1S/C17H30BNO5/c1-15(2,3)22-14(20)19-8-9-21-12-13(11-19)10-18-23-16(4,5)17(6,7)24-18/h10H,8-9,11-12H2,1-7H3. The number of hydrogen-bond acceptors (Lipinski definition) is 5. The van der Waals surface area contributed by atoms with Crippen molar-refractivity contribution in [2.45, 2.75) is 65.3 Å². The van der Waals surface area contributed by atoms with E-state index in [0.717, 1.165) is 5.57 Å². The number of amides is 1. The van der Waals surface area contributed by atoms with Crippen molar-refractivity contribution in [1.82, 2.24) is 4.90 Å². The highest BCUT2D eigenvalue weighted by Crippen LogP contribution is 2.37. The first-order chi connectivity index (χ1) is 10.9. The highest BCUT2D eigenvalue weighted by molar-refractivity contribution is 6.51. The van der Waals surface area contributed by atoms with Crippen LogP contribution in [-0.2, 0) is 18.8 Å². The van der Waals surface area contributed by atoms with Gasteiger partial charge in [0.05, 0.1) is 24.4 Å². The van der Waals surface area contributed by atoms with Gasteiger partial charge in [-0.2, -0.15) is 0 Å². The molecule has 0 aromatic heterocycles. The maximum Gasteiger partial charge on any atom is 0.487 e. The Balaban J connectivity index is 2.06. The molecule has 2 fully saturated rings. The van der Waals surface area contributed by atoms with Crippen molar-refractivity contribution >= 4 is 13.2 Å². The Morgan fingerprint density at radius 1 is 1.21 bits per heavy atom. The van der Waals surface area contributed by atoms with E-state index < -0.39 is 12.7 Å². The van der Waals surface area contributed by atoms with E-state index in [-0.39, 0.29) is 17.3 Å². The van der Waals surface area contributed by atoms with E-state index in [1.54, 1.807) is 4.90 Å². The molecule has 6 nitrogen and oxygen atoms in total. The lowest BCUT2D eigenvalue weighted by Gasteiger charge is -2.32. The highest BCUT2D eigenvalue weighted by atomic mass is 16.7. The summed E-state index contributed by atoms with van der Waals surface area (Å²) in [7, 11) is -0.438. The van der Waals surface area contributed by atoms with Crippen LogP contribution in [0, 0.1) is 0 Å². The Bertz CT molecular complexity index is 494. The van der Waals surface area contributed by atoms with Gasteiger partial charge in [0.25, 0.3) is 0 Å². The molecular formula is C17H30BNO5. The van der Waals surface area contributed by atoms with Crippen molar-refractivity contribution in [3.8, 4) is 0 Å². The third kappa shape index (κ3) is 4.74. The van der Waals surface area contributed by atoms with Crippen molar-refractivity contribution in [3.05, 3.63) is 11.5 Å². The minimum absolute atomic E-state index is 0.326. The third-order valence-electron chi connectivity index (χ3n) is 4.48. The Labute approximate surface area is 145 Å². The fourth-order valence-electron chi connectivity index (χ4n) is 2.48. The monoisotopic (exact) mass is 339 g/mol. The SMILES string of the molecule is CC(C)(C)OC(=O)N1CCOCC(=CB2OC(C)(C)C(C)(C)O2)C1. The molecule has 2 saturated heterocycles. The molecule has 2 rings (SSSR count). The van der Waals surface area contributed by atoms with E-state index in [0.29, 0.717) is 26.3 Å². The maximum absolute atomic E-state index is 12.3. The number of nitrogens with zero attached hydrogens (tertiary/aromatic N) is 1. The normalized spacial score (nSPS) is 25.7. The molecule has 0 spiro atoms. The van der Waals surface area contributed by atoms with E-state index in [9.17, 15) is 4.79 Å². The zero-order valence-electron chi connectivity index (χ0n) is 16.0. The average molecular weight is 339 g/mol. The van der Waals surface area contributed by atoms with Crippen molar-refractivity contribution in [1.29, 1.82) is 0 Å². The quantitative estimate of drug-likeness (QED) is 0.688. The molecule has 0 N–H and O–H groups in total. The van der Waals surface area contributed by atoms with Gasteiger partial charge in [-0.3, -0.25) is 0 Å². The van der Waals surface area contributed by atoms with Crippen LogP contribution in [0.25, 0.3) is 0 Å². The predicted molar refractivity (Wildman–Crippen MR) is 92.8 cm³/mol. The third-order valence-corrected chi connectivity index (χ3v) is 4.48. The fraction of sp³-hybridized carbons (Fsp3) is 0.824. The minimum atomic E-state index is -0.514. The summed E-state index contributed by atoms with van der Waals surface area (Å²) in [5, 5.41) is 0. The Hall–Kier alpha value is -1.05. The summed E-state index contributed by atoms with van der Waals surface area (Å²) in [5.41, 5.74) is -0.326. The summed E-state index contributed by atoms with van der Waals surface area (Å²) >= 11 is 0. The van der Waals surface area contributed by atoms with Gasteiger partial charge in [-0.05, 0) is 54.0 Å². The second-order valence-corrected chi connectivity index (χ2v) is 8.40. The van der Waals surface area contributed by atoms with Crippen LogP contribution in [-0.4, -0.2) is 61.2 Å². The summed E-state index contributed by atoms with van der Waals surface area (Å²) < 4.78 is 23.1. The molecule has 2 heterocycles. The van der Waals surface area contributed by atoms with E-state index in [4.69, 9.17) is 18.8 Å². The molecule has 7 heteroatoms. The summed E-state index contributed by atoms with van der Waals surface area (Å²) in [6, 6.07) is 0. The average Bonchev–Trinajstić information content (AvgIpc) is 2.54. The van der Waals surface area contributed by atoms with Gasteiger partial charge in [0, 0.05) is 13.1 Å². The van der Waals surface area contributed by atoms with Crippen molar-refractivity contribution in [2.24, 2.45) is 0 Å². The first kappa shape index (κ1) is 19.3. The largest absolute Gasteiger partial charge is 0.487 e. The van der Waals surface area contributed by atoms with Gasteiger partial charge in [-0.25, -0.2) is 4.79 Å².